The number of halogens is 1. The molecule has 35 heavy (non-hydrogen) atoms. The summed E-state index contributed by atoms with van der Waals surface area (Å²) in [5.74, 6) is 0. The van der Waals surface area contributed by atoms with Crippen LogP contribution in [0.4, 0.5) is 0 Å². The van der Waals surface area contributed by atoms with Gasteiger partial charge in [-0.1, -0.05) is 54.6 Å². The van der Waals surface area contributed by atoms with Crippen molar-refractivity contribution in [2.75, 3.05) is 0 Å². The second kappa shape index (κ2) is 10.1. The first kappa shape index (κ1) is 24.7. The molecule has 6 nitrogen and oxygen atoms in total. The van der Waals surface area contributed by atoms with E-state index in [9.17, 15) is 9.59 Å². The lowest BCUT2D eigenvalue weighted by molar-refractivity contribution is -0.00000704. The topological polar surface area (TPSA) is 69.8 Å². The van der Waals surface area contributed by atoms with E-state index in [2.05, 4.69) is 77.8 Å². The van der Waals surface area contributed by atoms with Crippen LogP contribution in [0.5, 0.6) is 0 Å². The third-order valence-corrected chi connectivity index (χ3v) is 10.5. The van der Waals surface area contributed by atoms with Gasteiger partial charge in [0.25, 0.3) is 5.56 Å². The number of rotatable bonds is 5. The molecule has 176 valence electrons. The largest absolute Gasteiger partial charge is 1.00 e. The Morgan fingerprint density at radius 3 is 1.63 bits per heavy atom. The van der Waals surface area contributed by atoms with Crippen molar-refractivity contribution < 1.29 is 17.0 Å². The molecule has 3 aromatic carbocycles. The summed E-state index contributed by atoms with van der Waals surface area (Å²) in [4.78, 5) is 34.4. The van der Waals surface area contributed by atoms with Gasteiger partial charge in [0, 0.05) is 14.1 Å². The van der Waals surface area contributed by atoms with E-state index in [0.717, 1.165) is 10.3 Å². The van der Waals surface area contributed by atoms with E-state index in [1.807, 2.05) is 18.2 Å². The lowest BCUT2D eigenvalue weighted by Crippen LogP contribution is -3.00. The molecule has 0 fully saturated rings. The number of hydrogen-bond acceptors (Lipinski definition) is 4. The van der Waals surface area contributed by atoms with Crippen molar-refractivity contribution >= 4 is 34.3 Å². The average molecular weight is 547 g/mol. The molecule has 0 atom stereocenters. The summed E-state index contributed by atoms with van der Waals surface area (Å²) in [6.45, 7) is 0. The Morgan fingerprint density at radius 2 is 1.17 bits per heavy atom. The maximum Gasteiger partial charge on any atom is 0.332 e. The number of hydrogen-bond donors (Lipinski definition) is 0. The molecule has 0 bridgehead atoms. The lowest BCUT2D eigenvalue weighted by Gasteiger charge is -2.27. The molecule has 5 aromatic rings. The normalized spacial score (nSPS) is 11.3. The minimum atomic E-state index is -2.17. The fraction of sp³-hybridized carbons (Fsp3) is 0.111. The molecule has 0 aliphatic carbocycles. The van der Waals surface area contributed by atoms with Crippen molar-refractivity contribution in [1.82, 2.24) is 19.1 Å². The molecular weight excluding hydrogens is 523 g/mol. The molecular formula is C27H24BrN4O2P. The van der Waals surface area contributed by atoms with Crippen LogP contribution >= 0.6 is 7.26 Å². The van der Waals surface area contributed by atoms with Crippen molar-refractivity contribution in [3.63, 3.8) is 0 Å². The zero-order valence-electron chi connectivity index (χ0n) is 19.4. The van der Waals surface area contributed by atoms with E-state index < -0.39 is 18.5 Å². The van der Waals surface area contributed by atoms with Gasteiger partial charge >= 0.3 is 5.69 Å². The number of fused-ring (bicyclic) bond motifs is 1. The molecule has 0 saturated carbocycles. The summed E-state index contributed by atoms with van der Waals surface area (Å²) < 4.78 is 2.45. The fourth-order valence-corrected chi connectivity index (χ4v) is 8.57. The summed E-state index contributed by atoms with van der Waals surface area (Å²) in [6.07, 6.45) is 2.29. The molecule has 0 aliphatic heterocycles. The minimum absolute atomic E-state index is 0. The molecule has 0 saturated heterocycles. The van der Waals surface area contributed by atoms with Crippen molar-refractivity contribution in [1.29, 1.82) is 0 Å². The van der Waals surface area contributed by atoms with E-state index >= 15 is 0 Å². The number of aromatic nitrogens is 4. The summed E-state index contributed by atoms with van der Waals surface area (Å²) >= 11 is 0. The first-order valence-corrected chi connectivity index (χ1v) is 13.0. The van der Waals surface area contributed by atoms with Crippen LogP contribution in [0.1, 0.15) is 5.69 Å². The predicted octanol–water partition coefficient (Wildman–Crippen LogP) is -0.475. The van der Waals surface area contributed by atoms with Gasteiger partial charge in [-0.15, -0.1) is 0 Å². The van der Waals surface area contributed by atoms with Crippen LogP contribution < -0.4 is 44.1 Å². The molecule has 5 rings (SSSR count). The van der Waals surface area contributed by atoms with Gasteiger partial charge in [0.1, 0.15) is 29.3 Å². The Balaban J connectivity index is 0.00000289. The maximum atomic E-state index is 12.6. The van der Waals surface area contributed by atoms with Gasteiger partial charge in [0.15, 0.2) is 11.2 Å². The molecule has 0 N–H and O–H groups in total. The van der Waals surface area contributed by atoms with Crippen LogP contribution in [0.15, 0.2) is 107 Å². The summed E-state index contributed by atoms with van der Waals surface area (Å²) in [7, 11) is 0.902. The van der Waals surface area contributed by atoms with E-state index in [4.69, 9.17) is 4.98 Å². The summed E-state index contributed by atoms with van der Waals surface area (Å²) in [6, 6.07) is 31.5. The van der Waals surface area contributed by atoms with Crippen molar-refractivity contribution in [3.8, 4) is 0 Å². The lowest BCUT2D eigenvalue weighted by atomic mass is 10.3. The SMILES string of the molecule is Cn1c(=O)c2ncc(C[P+](c3ccccc3)(c3ccccc3)c3ccccc3)nc2n(C)c1=O.[Br-]. The highest BCUT2D eigenvalue weighted by atomic mass is 79.9. The number of benzene rings is 3. The van der Waals surface area contributed by atoms with Gasteiger partial charge < -0.3 is 17.0 Å². The quantitative estimate of drug-likeness (QED) is 0.279. The van der Waals surface area contributed by atoms with Gasteiger partial charge in [-0.05, 0) is 36.4 Å². The van der Waals surface area contributed by atoms with Gasteiger partial charge in [0.2, 0.25) is 0 Å². The van der Waals surface area contributed by atoms with Crippen LogP contribution in [-0.2, 0) is 20.3 Å². The van der Waals surface area contributed by atoms with Gasteiger partial charge in [-0.2, -0.15) is 0 Å². The van der Waals surface area contributed by atoms with Crippen molar-refractivity contribution in [2.45, 2.75) is 6.16 Å². The Morgan fingerprint density at radius 1 is 0.714 bits per heavy atom. The monoisotopic (exact) mass is 546 g/mol. The van der Waals surface area contributed by atoms with Gasteiger partial charge in [0.05, 0.1) is 11.9 Å². The third-order valence-electron chi connectivity index (χ3n) is 6.19. The molecule has 0 aliphatic rings. The van der Waals surface area contributed by atoms with Gasteiger partial charge in [-0.3, -0.25) is 13.9 Å². The van der Waals surface area contributed by atoms with Crippen LogP contribution in [0, 0.1) is 0 Å². The first-order chi connectivity index (χ1) is 16.5. The molecule has 8 heteroatoms. The fourth-order valence-electron chi connectivity index (χ4n) is 4.45. The maximum absolute atomic E-state index is 12.6. The smallest absolute Gasteiger partial charge is 0.332 e. The highest BCUT2D eigenvalue weighted by Crippen LogP contribution is 2.57. The Bertz CT molecular complexity index is 1490. The number of aryl methyl sites for hydroxylation is 1. The van der Waals surface area contributed by atoms with E-state index in [1.165, 1.54) is 27.5 Å². The molecule has 0 unspecified atom stereocenters. The molecule has 0 amide bonds. The van der Waals surface area contributed by atoms with Crippen LogP contribution in [0.25, 0.3) is 11.2 Å². The second-order valence-corrected chi connectivity index (χ2v) is 11.7. The highest BCUT2D eigenvalue weighted by Gasteiger charge is 2.46. The molecule has 0 spiro atoms. The molecule has 2 heterocycles. The predicted molar refractivity (Wildman–Crippen MR) is 139 cm³/mol. The van der Waals surface area contributed by atoms with Crippen molar-refractivity contribution in [3.05, 3.63) is 124 Å². The second-order valence-electron chi connectivity index (χ2n) is 8.21. The van der Waals surface area contributed by atoms with E-state index in [0.29, 0.717) is 11.8 Å². The zero-order chi connectivity index (χ0) is 23.7. The Kier molecular flexibility index (Phi) is 7.10. The molecule has 2 aromatic heterocycles. The van der Waals surface area contributed by atoms with E-state index in [1.54, 1.807) is 13.2 Å². The Hall–Kier alpha value is -3.41. The average Bonchev–Trinajstić information content (AvgIpc) is 2.91. The zero-order valence-corrected chi connectivity index (χ0v) is 21.9. The first-order valence-electron chi connectivity index (χ1n) is 11.0. The summed E-state index contributed by atoms with van der Waals surface area (Å²) in [5.41, 5.74) is 0.376. The van der Waals surface area contributed by atoms with Crippen molar-refractivity contribution in [2.24, 2.45) is 14.1 Å². The minimum Gasteiger partial charge on any atom is -1.00 e. The van der Waals surface area contributed by atoms with E-state index in [-0.39, 0.29) is 22.5 Å². The number of nitrogens with zero attached hydrogens (tertiary/aromatic N) is 4. The Labute approximate surface area is 214 Å². The van der Waals surface area contributed by atoms with Crippen LogP contribution in [-0.4, -0.2) is 19.1 Å². The van der Waals surface area contributed by atoms with Gasteiger partial charge in [-0.25, -0.2) is 14.8 Å². The highest BCUT2D eigenvalue weighted by molar-refractivity contribution is 7.95. The van der Waals surface area contributed by atoms with Crippen LogP contribution in [0.3, 0.4) is 0 Å². The molecule has 0 radical (unpaired) electrons. The third kappa shape index (κ3) is 4.26. The van der Waals surface area contributed by atoms with Crippen LogP contribution in [0.2, 0.25) is 0 Å². The summed E-state index contributed by atoms with van der Waals surface area (Å²) in [5, 5.41) is 3.69. The standard InChI is InChI=1S/C27H24N4O2P.BrH/c1-30-25-24(26(32)31(2)27(30)33)28-18-20(29-25)19-34(21-12-6-3-7-13-21,22-14-8-4-9-15-22)23-16-10-5-11-17-23;/h3-18H,19H2,1-2H3;1H/q+1;/p-1.